The molecule has 0 aliphatic carbocycles. The van der Waals surface area contributed by atoms with Gasteiger partial charge in [-0.05, 0) is 67.9 Å². The molecule has 30 heavy (non-hydrogen) atoms. The zero-order valence-corrected chi connectivity index (χ0v) is 19.0. The number of aryl methyl sites for hydroxylation is 3. The molecule has 0 atom stereocenters. The van der Waals surface area contributed by atoms with Crippen molar-refractivity contribution in [3.63, 3.8) is 0 Å². The van der Waals surface area contributed by atoms with Gasteiger partial charge in [0.2, 0.25) is 5.91 Å². The van der Waals surface area contributed by atoms with Crippen LogP contribution in [-0.4, -0.2) is 12.5 Å². The molecule has 0 unspecified atom stereocenters. The third-order valence-corrected chi connectivity index (χ3v) is 6.41. The fraction of sp³-hybridized carbons (Fsp3) is 0.522. The van der Waals surface area contributed by atoms with Gasteiger partial charge in [-0.1, -0.05) is 20.8 Å². The third kappa shape index (κ3) is 5.17. The van der Waals surface area contributed by atoms with E-state index in [2.05, 4.69) is 5.32 Å². The van der Waals surface area contributed by atoms with Crippen molar-refractivity contribution in [1.82, 2.24) is 0 Å². The Hall–Kier alpha value is -2.02. The van der Waals surface area contributed by atoms with Crippen LogP contribution >= 0.6 is 11.3 Å². The van der Waals surface area contributed by atoms with Crippen LogP contribution in [0.2, 0.25) is 0 Å². The SMILES string of the molecule is Cc1cc(N2CCCCc3sc(C(F)(F)F)cc32)cc(C)c1NC(=O)CC(C)(C)C. The van der Waals surface area contributed by atoms with Crippen LogP contribution in [0.15, 0.2) is 18.2 Å². The average molecular weight is 439 g/mol. The van der Waals surface area contributed by atoms with Gasteiger partial charge in [0.05, 0.1) is 5.69 Å². The molecule has 1 aliphatic heterocycles. The van der Waals surface area contributed by atoms with Crippen LogP contribution in [0, 0.1) is 19.3 Å². The second kappa shape index (κ2) is 8.25. The van der Waals surface area contributed by atoms with E-state index in [1.54, 1.807) is 0 Å². The molecule has 1 amide bonds. The second-order valence-electron chi connectivity index (χ2n) is 9.27. The highest BCUT2D eigenvalue weighted by Gasteiger charge is 2.35. The Labute approximate surface area is 180 Å². The van der Waals surface area contributed by atoms with Gasteiger partial charge in [-0.15, -0.1) is 11.3 Å². The van der Waals surface area contributed by atoms with Crippen LogP contribution in [-0.2, 0) is 17.4 Å². The third-order valence-electron chi connectivity index (χ3n) is 5.18. The number of amides is 1. The maximum Gasteiger partial charge on any atom is 0.425 e. The van der Waals surface area contributed by atoms with E-state index in [0.717, 1.165) is 51.6 Å². The Morgan fingerprint density at radius 1 is 1.10 bits per heavy atom. The molecule has 1 N–H and O–H groups in total. The van der Waals surface area contributed by atoms with E-state index < -0.39 is 11.1 Å². The van der Waals surface area contributed by atoms with Crippen molar-refractivity contribution < 1.29 is 18.0 Å². The fourth-order valence-electron chi connectivity index (χ4n) is 3.87. The lowest BCUT2D eigenvalue weighted by Crippen LogP contribution is -2.21. The number of hydrogen-bond acceptors (Lipinski definition) is 3. The summed E-state index contributed by atoms with van der Waals surface area (Å²) in [6.07, 6.45) is -1.44. The first-order valence-electron chi connectivity index (χ1n) is 10.2. The van der Waals surface area contributed by atoms with Crippen molar-refractivity contribution in [1.29, 1.82) is 0 Å². The van der Waals surface area contributed by atoms with Crippen LogP contribution in [0.25, 0.3) is 0 Å². The number of carbonyl (C=O) groups is 1. The lowest BCUT2D eigenvalue weighted by molar-refractivity contribution is -0.134. The number of anilines is 3. The molecule has 0 saturated heterocycles. The molecule has 0 fully saturated rings. The second-order valence-corrected chi connectivity index (χ2v) is 10.4. The van der Waals surface area contributed by atoms with Gasteiger partial charge in [-0.25, -0.2) is 0 Å². The normalized spacial score (nSPS) is 15.0. The number of hydrogen-bond donors (Lipinski definition) is 1. The molecule has 3 nitrogen and oxygen atoms in total. The summed E-state index contributed by atoms with van der Waals surface area (Å²) in [5.74, 6) is -0.0360. The lowest BCUT2D eigenvalue weighted by atomic mass is 9.92. The van der Waals surface area contributed by atoms with Crippen LogP contribution in [0.4, 0.5) is 30.2 Å². The van der Waals surface area contributed by atoms with Gasteiger partial charge in [0.25, 0.3) is 0 Å². The highest BCUT2D eigenvalue weighted by atomic mass is 32.1. The first-order chi connectivity index (χ1) is 13.8. The van der Waals surface area contributed by atoms with E-state index in [1.807, 2.05) is 51.7 Å². The molecule has 3 rings (SSSR count). The van der Waals surface area contributed by atoms with Gasteiger partial charge in [0.15, 0.2) is 0 Å². The summed E-state index contributed by atoms with van der Waals surface area (Å²) < 4.78 is 39.8. The zero-order chi connectivity index (χ0) is 22.3. The van der Waals surface area contributed by atoms with E-state index in [4.69, 9.17) is 0 Å². The summed E-state index contributed by atoms with van der Waals surface area (Å²) in [6.45, 7) is 10.6. The minimum absolute atomic E-state index is 0.0360. The highest BCUT2D eigenvalue weighted by Crippen LogP contribution is 2.44. The quantitative estimate of drug-likeness (QED) is 0.548. The van der Waals surface area contributed by atoms with Crippen LogP contribution < -0.4 is 10.2 Å². The van der Waals surface area contributed by atoms with Crippen molar-refractivity contribution in [2.24, 2.45) is 5.41 Å². The summed E-state index contributed by atoms with van der Waals surface area (Å²) in [4.78, 5) is 14.6. The number of thiophene rings is 1. The van der Waals surface area contributed by atoms with Gasteiger partial charge < -0.3 is 10.2 Å². The monoisotopic (exact) mass is 438 g/mol. The number of benzene rings is 1. The lowest BCUT2D eigenvalue weighted by Gasteiger charge is -2.26. The number of nitrogens with zero attached hydrogens (tertiary/aromatic N) is 1. The van der Waals surface area contributed by atoms with Gasteiger partial charge in [0, 0.05) is 29.2 Å². The van der Waals surface area contributed by atoms with E-state index in [9.17, 15) is 18.0 Å². The van der Waals surface area contributed by atoms with E-state index >= 15 is 0 Å². The summed E-state index contributed by atoms with van der Waals surface area (Å²) >= 11 is 0.856. The molecule has 0 bridgehead atoms. The van der Waals surface area contributed by atoms with Gasteiger partial charge in [-0.3, -0.25) is 4.79 Å². The van der Waals surface area contributed by atoms with Crippen molar-refractivity contribution in [3.8, 4) is 0 Å². The van der Waals surface area contributed by atoms with Crippen molar-refractivity contribution >= 4 is 34.3 Å². The minimum atomic E-state index is -4.32. The first kappa shape index (κ1) is 22.7. The molecule has 0 saturated carbocycles. The Morgan fingerprint density at radius 3 is 2.30 bits per heavy atom. The van der Waals surface area contributed by atoms with Crippen molar-refractivity contribution in [2.75, 3.05) is 16.8 Å². The van der Waals surface area contributed by atoms with Gasteiger partial charge in [0.1, 0.15) is 4.88 Å². The van der Waals surface area contributed by atoms with E-state index in [1.165, 1.54) is 6.07 Å². The maximum absolute atomic E-state index is 13.3. The molecule has 2 heterocycles. The summed E-state index contributed by atoms with van der Waals surface area (Å²) in [6, 6.07) is 5.20. The molecule has 164 valence electrons. The van der Waals surface area contributed by atoms with Crippen LogP contribution in [0.1, 0.15) is 60.9 Å². The van der Waals surface area contributed by atoms with Crippen LogP contribution in [0.3, 0.4) is 0 Å². The molecular formula is C23H29F3N2OS. The Kier molecular flexibility index (Phi) is 6.23. The standard InChI is InChI=1S/C23H29F3N2OS/c1-14-10-16(11-15(2)21(14)27-20(29)13-22(3,4)5)28-9-7-6-8-18-17(28)12-19(30-18)23(24,25)26/h10-12H,6-9,13H2,1-5H3,(H,27,29). The molecular weight excluding hydrogens is 409 g/mol. The maximum atomic E-state index is 13.3. The smallest absolute Gasteiger partial charge is 0.341 e. The molecule has 1 aliphatic rings. The molecule has 1 aromatic carbocycles. The highest BCUT2D eigenvalue weighted by molar-refractivity contribution is 7.12. The zero-order valence-electron chi connectivity index (χ0n) is 18.2. The Bertz CT molecular complexity index is 918. The minimum Gasteiger partial charge on any atom is -0.341 e. The molecule has 2 aromatic rings. The Morgan fingerprint density at radius 2 is 1.73 bits per heavy atom. The largest absolute Gasteiger partial charge is 0.425 e. The number of carbonyl (C=O) groups excluding carboxylic acids is 1. The summed E-state index contributed by atoms with van der Waals surface area (Å²) in [7, 11) is 0. The average Bonchev–Trinajstić information content (AvgIpc) is 2.91. The molecule has 0 radical (unpaired) electrons. The van der Waals surface area contributed by atoms with Gasteiger partial charge >= 0.3 is 6.18 Å². The number of alkyl halides is 3. The number of fused-ring (bicyclic) bond motifs is 1. The fourth-order valence-corrected chi connectivity index (χ4v) is 4.94. The first-order valence-corrected chi connectivity index (χ1v) is 11.1. The molecule has 1 aromatic heterocycles. The van der Waals surface area contributed by atoms with E-state index in [0.29, 0.717) is 25.1 Å². The topological polar surface area (TPSA) is 32.3 Å². The molecule has 0 spiro atoms. The number of halogens is 3. The van der Waals surface area contributed by atoms with Crippen LogP contribution in [0.5, 0.6) is 0 Å². The number of rotatable bonds is 3. The molecule has 7 heteroatoms. The number of nitrogens with one attached hydrogen (secondary N) is 1. The predicted molar refractivity (Wildman–Crippen MR) is 118 cm³/mol. The Balaban J connectivity index is 1.93. The van der Waals surface area contributed by atoms with Crippen molar-refractivity contribution in [3.05, 3.63) is 39.1 Å². The summed E-state index contributed by atoms with van der Waals surface area (Å²) in [5, 5.41) is 3.02. The van der Waals surface area contributed by atoms with E-state index in [-0.39, 0.29) is 11.3 Å². The van der Waals surface area contributed by atoms with Crippen molar-refractivity contribution in [2.45, 2.75) is 66.5 Å². The summed E-state index contributed by atoms with van der Waals surface area (Å²) in [5.41, 5.74) is 4.02. The van der Waals surface area contributed by atoms with Gasteiger partial charge in [-0.2, -0.15) is 13.2 Å². The predicted octanol–water partition coefficient (Wildman–Crippen LogP) is 7.23.